The SMILES string of the molecule is COOCc1ccc(CN(Cc2ccc(C(=O)N[C@@H](CCSC)C(=O)OC)c(-c3ccccc3C)c2)c2ccccc2)cc1. The molecule has 8 heteroatoms. The van der Waals surface area contributed by atoms with E-state index in [9.17, 15) is 9.59 Å². The second-order valence-electron chi connectivity index (χ2n) is 10.5. The minimum absolute atomic E-state index is 0.302. The summed E-state index contributed by atoms with van der Waals surface area (Å²) in [7, 11) is 2.85. The van der Waals surface area contributed by atoms with E-state index in [4.69, 9.17) is 14.5 Å². The summed E-state index contributed by atoms with van der Waals surface area (Å²) >= 11 is 1.62. The van der Waals surface area contributed by atoms with Crippen molar-refractivity contribution < 1.29 is 24.1 Å². The van der Waals surface area contributed by atoms with Crippen molar-refractivity contribution in [3.63, 3.8) is 0 Å². The lowest BCUT2D eigenvalue weighted by molar-refractivity contribution is -0.282. The van der Waals surface area contributed by atoms with Gasteiger partial charge in [-0.15, -0.1) is 0 Å². The number of hydrogen-bond acceptors (Lipinski definition) is 7. The van der Waals surface area contributed by atoms with E-state index in [1.165, 1.54) is 14.2 Å². The number of carbonyl (C=O) groups is 2. The minimum Gasteiger partial charge on any atom is -0.467 e. The standard InChI is InChI=1S/C36H40N2O5S/c1-26-10-8-9-13-31(26)33-22-29(18-19-32(33)35(39)37-34(20-21-44-4)36(40)41-2)24-38(30-11-6-5-7-12-30)23-27-14-16-28(17-15-27)25-43-42-3/h5-19,22,34H,20-21,23-25H2,1-4H3,(H,37,39)/t34-/m0/s1. The Morgan fingerprint density at radius 2 is 1.48 bits per heavy atom. The van der Waals surface area contributed by atoms with Crippen molar-refractivity contribution in [1.82, 2.24) is 5.32 Å². The van der Waals surface area contributed by atoms with Gasteiger partial charge in [0, 0.05) is 24.3 Å². The summed E-state index contributed by atoms with van der Waals surface area (Å²) in [4.78, 5) is 38.2. The van der Waals surface area contributed by atoms with Crippen LogP contribution in [-0.4, -0.2) is 44.1 Å². The van der Waals surface area contributed by atoms with Gasteiger partial charge in [-0.2, -0.15) is 11.8 Å². The van der Waals surface area contributed by atoms with Crippen LogP contribution in [0, 0.1) is 6.92 Å². The number of esters is 1. The van der Waals surface area contributed by atoms with Crippen LogP contribution in [-0.2, 0) is 39.0 Å². The Labute approximate surface area is 264 Å². The summed E-state index contributed by atoms with van der Waals surface area (Å²) in [6.45, 7) is 3.74. The topological polar surface area (TPSA) is 77.1 Å². The zero-order valence-corrected chi connectivity index (χ0v) is 26.6. The fourth-order valence-corrected chi connectivity index (χ4v) is 5.51. The van der Waals surface area contributed by atoms with Gasteiger partial charge in [0.05, 0.1) is 14.2 Å². The van der Waals surface area contributed by atoms with Crippen molar-refractivity contribution in [2.24, 2.45) is 0 Å². The van der Waals surface area contributed by atoms with Crippen molar-refractivity contribution in [3.8, 4) is 11.1 Å². The first kappa shape index (κ1) is 32.8. The number of nitrogens with one attached hydrogen (secondary N) is 1. The third-order valence-electron chi connectivity index (χ3n) is 7.40. The van der Waals surface area contributed by atoms with Crippen LogP contribution in [0.2, 0.25) is 0 Å². The number of para-hydroxylation sites is 1. The fourth-order valence-electron chi connectivity index (χ4n) is 5.03. The highest BCUT2D eigenvalue weighted by Crippen LogP contribution is 2.30. The predicted octanol–water partition coefficient (Wildman–Crippen LogP) is 6.97. The van der Waals surface area contributed by atoms with Crippen LogP contribution in [0.15, 0.2) is 97.1 Å². The van der Waals surface area contributed by atoms with Gasteiger partial charge in [-0.1, -0.05) is 72.8 Å². The van der Waals surface area contributed by atoms with Crippen molar-refractivity contribution in [2.75, 3.05) is 31.1 Å². The Hall–Kier alpha value is -4.11. The number of rotatable bonds is 15. The second-order valence-corrected chi connectivity index (χ2v) is 11.4. The minimum atomic E-state index is -0.717. The van der Waals surface area contributed by atoms with Crippen LogP contribution >= 0.6 is 11.8 Å². The largest absolute Gasteiger partial charge is 0.467 e. The van der Waals surface area contributed by atoms with E-state index in [1.54, 1.807) is 11.8 Å². The molecule has 0 bridgehead atoms. The molecule has 230 valence electrons. The number of amides is 1. The van der Waals surface area contributed by atoms with Crippen LogP contribution in [0.4, 0.5) is 5.69 Å². The number of benzene rings is 4. The highest BCUT2D eigenvalue weighted by molar-refractivity contribution is 7.98. The van der Waals surface area contributed by atoms with Gasteiger partial charge in [-0.3, -0.25) is 4.79 Å². The molecule has 1 atom stereocenters. The normalized spacial score (nSPS) is 11.5. The van der Waals surface area contributed by atoms with Gasteiger partial charge in [0.15, 0.2) is 0 Å². The fraction of sp³-hybridized carbons (Fsp3) is 0.278. The van der Waals surface area contributed by atoms with Crippen LogP contribution in [0.5, 0.6) is 0 Å². The van der Waals surface area contributed by atoms with Crippen molar-refractivity contribution in [2.45, 2.75) is 39.1 Å². The summed E-state index contributed by atoms with van der Waals surface area (Å²) < 4.78 is 4.98. The number of thioether (sulfide) groups is 1. The molecule has 0 aromatic heterocycles. The second kappa shape index (κ2) is 16.7. The van der Waals surface area contributed by atoms with Crippen LogP contribution in [0.25, 0.3) is 11.1 Å². The van der Waals surface area contributed by atoms with E-state index in [-0.39, 0.29) is 5.91 Å². The quantitative estimate of drug-likeness (QED) is 0.0883. The maximum absolute atomic E-state index is 13.7. The number of nitrogens with zero attached hydrogens (tertiary/aromatic N) is 1. The molecule has 0 aliphatic rings. The van der Waals surface area contributed by atoms with Gasteiger partial charge in [0.2, 0.25) is 0 Å². The van der Waals surface area contributed by atoms with E-state index in [1.807, 2.05) is 79.9 Å². The van der Waals surface area contributed by atoms with E-state index in [0.29, 0.717) is 31.7 Å². The number of carbonyl (C=O) groups excluding carboxylic acids is 2. The van der Waals surface area contributed by atoms with E-state index < -0.39 is 12.0 Å². The lowest BCUT2D eigenvalue weighted by atomic mass is 9.93. The van der Waals surface area contributed by atoms with Gasteiger partial charge >= 0.3 is 5.97 Å². The van der Waals surface area contributed by atoms with E-state index in [2.05, 4.69) is 40.5 Å². The molecule has 0 heterocycles. The summed E-state index contributed by atoms with van der Waals surface area (Å²) in [5.41, 5.74) is 7.70. The average molecular weight is 613 g/mol. The number of methoxy groups -OCH3 is 1. The monoisotopic (exact) mass is 612 g/mol. The maximum Gasteiger partial charge on any atom is 0.328 e. The molecule has 1 N–H and O–H groups in total. The molecule has 0 saturated heterocycles. The highest BCUT2D eigenvalue weighted by Gasteiger charge is 2.24. The first-order valence-electron chi connectivity index (χ1n) is 14.5. The zero-order valence-electron chi connectivity index (χ0n) is 25.7. The third-order valence-corrected chi connectivity index (χ3v) is 8.04. The van der Waals surface area contributed by atoms with Crippen molar-refractivity contribution >= 4 is 29.3 Å². The number of anilines is 1. The zero-order chi connectivity index (χ0) is 31.3. The lowest BCUT2D eigenvalue weighted by Crippen LogP contribution is -2.42. The van der Waals surface area contributed by atoms with E-state index >= 15 is 0 Å². The average Bonchev–Trinajstić information content (AvgIpc) is 3.06. The smallest absolute Gasteiger partial charge is 0.328 e. The molecule has 0 aliphatic heterocycles. The molecule has 4 aromatic rings. The Morgan fingerprint density at radius 3 is 2.16 bits per heavy atom. The number of ether oxygens (including phenoxy) is 1. The molecule has 0 aliphatic carbocycles. The molecule has 0 saturated carbocycles. The molecular formula is C36H40N2O5S. The molecule has 0 spiro atoms. The van der Waals surface area contributed by atoms with Gasteiger partial charge < -0.3 is 15.0 Å². The number of hydrogen-bond donors (Lipinski definition) is 1. The summed E-state index contributed by atoms with van der Waals surface area (Å²) in [5.74, 6) is -0.0224. The Kier molecular flexibility index (Phi) is 12.4. The Balaban J connectivity index is 1.67. The first-order valence-corrected chi connectivity index (χ1v) is 15.9. The van der Waals surface area contributed by atoms with Gasteiger partial charge in [0.1, 0.15) is 12.6 Å². The molecule has 7 nitrogen and oxygen atoms in total. The van der Waals surface area contributed by atoms with E-state index in [0.717, 1.165) is 44.8 Å². The molecule has 0 unspecified atom stereocenters. The summed E-state index contributed by atoms with van der Waals surface area (Å²) in [5, 5.41) is 2.93. The van der Waals surface area contributed by atoms with Crippen LogP contribution < -0.4 is 10.2 Å². The van der Waals surface area contributed by atoms with Gasteiger partial charge in [0.25, 0.3) is 5.91 Å². The van der Waals surface area contributed by atoms with Crippen molar-refractivity contribution in [1.29, 1.82) is 0 Å². The predicted molar refractivity (Wildman–Crippen MR) is 177 cm³/mol. The maximum atomic E-state index is 13.7. The highest BCUT2D eigenvalue weighted by atomic mass is 32.2. The third kappa shape index (κ3) is 8.95. The molecule has 4 aromatic carbocycles. The summed E-state index contributed by atoms with van der Waals surface area (Å²) in [6.07, 6.45) is 2.46. The molecule has 1 amide bonds. The molecule has 0 radical (unpaired) electrons. The molecule has 0 fully saturated rings. The molecular weight excluding hydrogens is 572 g/mol. The summed E-state index contributed by atoms with van der Waals surface area (Å²) in [6, 6.07) is 31.8. The van der Waals surface area contributed by atoms with Crippen LogP contribution in [0.1, 0.15) is 39.0 Å². The van der Waals surface area contributed by atoms with Crippen molar-refractivity contribution in [3.05, 3.63) is 125 Å². The van der Waals surface area contributed by atoms with Gasteiger partial charge in [-0.05, 0) is 83.0 Å². The Bertz CT molecular complexity index is 1510. The first-order chi connectivity index (χ1) is 21.4. The molecule has 4 rings (SSSR count). The molecule has 44 heavy (non-hydrogen) atoms. The number of aryl methyl sites for hydroxylation is 1. The van der Waals surface area contributed by atoms with Crippen LogP contribution in [0.3, 0.4) is 0 Å². The lowest BCUT2D eigenvalue weighted by Gasteiger charge is -2.26. The van der Waals surface area contributed by atoms with Gasteiger partial charge in [-0.25, -0.2) is 14.6 Å². The Morgan fingerprint density at radius 1 is 0.818 bits per heavy atom.